The van der Waals surface area contributed by atoms with Crippen molar-refractivity contribution < 1.29 is 23.0 Å². The number of rotatable bonds is 9. The normalized spacial score (nSPS) is 10.7. The molecule has 1 N–H and O–H groups in total. The molecule has 0 bridgehead atoms. The molecule has 0 aliphatic carbocycles. The highest BCUT2D eigenvalue weighted by atomic mass is 19.1. The third kappa shape index (κ3) is 5.78. The highest BCUT2D eigenvalue weighted by molar-refractivity contribution is 6.06. The molecule has 0 fully saturated rings. The lowest BCUT2D eigenvalue weighted by molar-refractivity contribution is 0.102. The Morgan fingerprint density at radius 1 is 0.912 bits per heavy atom. The van der Waals surface area contributed by atoms with Crippen LogP contribution in [0.2, 0.25) is 0 Å². The molecule has 8 heteroatoms. The van der Waals surface area contributed by atoms with Crippen molar-refractivity contribution in [2.75, 3.05) is 11.9 Å². The first-order valence-corrected chi connectivity index (χ1v) is 10.7. The van der Waals surface area contributed by atoms with Crippen LogP contribution in [0.1, 0.15) is 28.4 Å². The molecule has 174 valence electrons. The third-order valence-corrected chi connectivity index (χ3v) is 4.95. The SMILES string of the molecule is CCOc1ccccc1NC(=O)c1cn(Cc2ccc(F)cc2)nc1OCc1ccc(F)cc1. The van der Waals surface area contributed by atoms with Crippen molar-refractivity contribution >= 4 is 11.6 Å². The molecule has 4 aromatic rings. The van der Waals surface area contributed by atoms with Crippen LogP contribution < -0.4 is 14.8 Å². The maximum absolute atomic E-state index is 13.3. The van der Waals surface area contributed by atoms with Gasteiger partial charge in [0.2, 0.25) is 5.88 Å². The number of benzene rings is 3. The zero-order valence-corrected chi connectivity index (χ0v) is 18.5. The van der Waals surface area contributed by atoms with Crippen molar-refractivity contribution in [1.82, 2.24) is 9.78 Å². The van der Waals surface area contributed by atoms with Gasteiger partial charge in [0.25, 0.3) is 5.91 Å². The molecule has 34 heavy (non-hydrogen) atoms. The largest absolute Gasteiger partial charge is 0.492 e. The molecule has 0 spiro atoms. The summed E-state index contributed by atoms with van der Waals surface area (Å²) in [5.74, 6) is -0.434. The molecule has 0 unspecified atom stereocenters. The molecule has 0 saturated carbocycles. The summed E-state index contributed by atoms with van der Waals surface area (Å²) in [6, 6.07) is 19.0. The zero-order chi connectivity index (χ0) is 23.9. The van der Waals surface area contributed by atoms with Crippen LogP contribution in [0.25, 0.3) is 0 Å². The molecule has 1 amide bonds. The molecule has 3 aromatic carbocycles. The zero-order valence-electron chi connectivity index (χ0n) is 18.5. The van der Waals surface area contributed by atoms with E-state index in [1.165, 1.54) is 24.3 Å². The van der Waals surface area contributed by atoms with E-state index in [-0.39, 0.29) is 29.7 Å². The van der Waals surface area contributed by atoms with E-state index in [9.17, 15) is 13.6 Å². The number of amides is 1. The maximum atomic E-state index is 13.3. The van der Waals surface area contributed by atoms with Crippen molar-refractivity contribution in [2.24, 2.45) is 0 Å². The Hall–Kier alpha value is -4.20. The van der Waals surface area contributed by atoms with Gasteiger partial charge in [-0.2, -0.15) is 0 Å². The summed E-state index contributed by atoms with van der Waals surface area (Å²) in [6.45, 7) is 2.73. The number of carbonyl (C=O) groups excluding carboxylic acids is 1. The van der Waals surface area contributed by atoms with E-state index < -0.39 is 5.91 Å². The molecule has 0 radical (unpaired) electrons. The third-order valence-electron chi connectivity index (χ3n) is 4.95. The lowest BCUT2D eigenvalue weighted by Gasteiger charge is -2.11. The summed E-state index contributed by atoms with van der Waals surface area (Å²) in [7, 11) is 0. The molecular weight excluding hydrogens is 440 g/mol. The Morgan fingerprint density at radius 2 is 1.56 bits per heavy atom. The van der Waals surface area contributed by atoms with E-state index in [1.807, 2.05) is 13.0 Å². The van der Waals surface area contributed by atoms with Crippen molar-refractivity contribution in [2.45, 2.75) is 20.1 Å². The van der Waals surface area contributed by atoms with Crippen molar-refractivity contribution in [1.29, 1.82) is 0 Å². The summed E-state index contributed by atoms with van der Waals surface area (Å²) in [5.41, 5.74) is 2.27. The summed E-state index contributed by atoms with van der Waals surface area (Å²) >= 11 is 0. The van der Waals surface area contributed by atoms with E-state index in [1.54, 1.807) is 53.3 Å². The number of carbonyl (C=O) groups is 1. The summed E-state index contributed by atoms with van der Waals surface area (Å²) < 4.78 is 39.4. The van der Waals surface area contributed by atoms with Gasteiger partial charge in [-0.15, -0.1) is 5.10 Å². The van der Waals surface area contributed by atoms with Gasteiger partial charge in [-0.25, -0.2) is 8.78 Å². The van der Waals surface area contributed by atoms with Gasteiger partial charge in [0, 0.05) is 6.20 Å². The molecule has 0 aliphatic rings. The van der Waals surface area contributed by atoms with Gasteiger partial charge in [-0.1, -0.05) is 36.4 Å². The van der Waals surface area contributed by atoms with Gasteiger partial charge < -0.3 is 14.8 Å². The number of anilines is 1. The quantitative estimate of drug-likeness (QED) is 0.359. The van der Waals surface area contributed by atoms with Crippen LogP contribution in [0.15, 0.2) is 79.0 Å². The van der Waals surface area contributed by atoms with Crippen LogP contribution in [0, 0.1) is 11.6 Å². The maximum Gasteiger partial charge on any atom is 0.262 e. The van der Waals surface area contributed by atoms with Crippen molar-refractivity contribution in [3.05, 3.63) is 107 Å². The predicted octanol–water partition coefficient (Wildman–Crippen LogP) is 5.44. The van der Waals surface area contributed by atoms with Crippen LogP contribution in [0.3, 0.4) is 0 Å². The lowest BCUT2D eigenvalue weighted by atomic mass is 10.2. The first kappa shape index (κ1) is 23.0. The van der Waals surface area contributed by atoms with Gasteiger partial charge >= 0.3 is 0 Å². The second-order valence-electron chi connectivity index (χ2n) is 7.47. The fraction of sp³-hybridized carbons (Fsp3) is 0.154. The average molecular weight is 463 g/mol. The minimum atomic E-state index is -0.424. The van der Waals surface area contributed by atoms with Crippen LogP contribution >= 0.6 is 0 Å². The number of aromatic nitrogens is 2. The van der Waals surface area contributed by atoms with E-state index >= 15 is 0 Å². The second kappa shape index (κ2) is 10.6. The summed E-state index contributed by atoms with van der Waals surface area (Å²) in [5, 5.41) is 7.26. The number of hydrogen-bond acceptors (Lipinski definition) is 4. The number of nitrogens with zero attached hydrogens (tertiary/aromatic N) is 2. The smallest absolute Gasteiger partial charge is 0.262 e. The number of hydrogen-bond donors (Lipinski definition) is 1. The molecule has 0 atom stereocenters. The van der Waals surface area contributed by atoms with Gasteiger partial charge in [0.15, 0.2) is 0 Å². The van der Waals surface area contributed by atoms with Crippen LogP contribution in [-0.2, 0) is 13.2 Å². The predicted molar refractivity (Wildman–Crippen MR) is 124 cm³/mol. The van der Waals surface area contributed by atoms with Gasteiger partial charge in [-0.05, 0) is 54.4 Å². The summed E-state index contributed by atoms with van der Waals surface area (Å²) in [6.07, 6.45) is 1.57. The topological polar surface area (TPSA) is 65.4 Å². The van der Waals surface area contributed by atoms with Crippen LogP contribution in [-0.4, -0.2) is 22.3 Å². The number of ether oxygens (including phenoxy) is 2. The van der Waals surface area contributed by atoms with Gasteiger partial charge in [-0.3, -0.25) is 9.48 Å². The van der Waals surface area contributed by atoms with Crippen molar-refractivity contribution in [3.63, 3.8) is 0 Å². The van der Waals surface area contributed by atoms with Crippen LogP contribution in [0.5, 0.6) is 11.6 Å². The van der Waals surface area contributed by atoms with Crippen LogP contribution in [0.4, 0.5) is 14.5 Å². The summed E-state index contributed by atoms with van der Waals surface area (Å²) in [4.78, 5) is 13.2. The standard InChI is InChI=1S/C26H23F2N3O3/c1-2-33-24-6-4-3-5-23(24)29-25(32)22-16-31(15-18-7-11-20(27)12-8-18)30-26(22)34-17-19-9-13-21(28)14-10-19/h3-14,16H,2,15,17H2,1H3,(H,29,32). The molecular formula is C26H23F2N3O3. The minimum Gasteiger partial charge on any atom is -0.492 e. The number of para-hydroxylation sites is 2. The van der Waals surface area contributed by atoms with Gasteiger partial charge in [0.05, 0.1) is 18.8 Å². The molecule has 6 nitrogen and oxygen atoms in total. The molecule has 0 saturated heterocycles. The Kier molecular flexibility index (Phi) is 7.17. The first-order valence-electron chi connectivity index (χ1n) is 10.7. The van der Waals surface area contributed by atoms with E-state index in [2.05, 4.69) is 10.4 Å². The van der Waals surface area contributed by atoms with Gasteiger partial charge in [0.1, 0.15) is 29.6 Å². The highest BCUT2D eigenvalue weighted by Crippen LogP contribution is 2.26. The average Bonchev–Trinajstić information content (AvgIpc) is 3.24. The first-order chi connectivity index (χ1) is 16.5. The fourth-order valence-corrected chi connectivity index (χ4v) is 3.30. The Labute approximate surface area is 195 Å². The number of halogens is 2. The van der Waals surface area contributed by atoms with E-state index in [0.717, 1.165) is 11.1 Å². The van der Waals surface area contributed by atoms with E-state index in [0.29, 0.717) is 24.6 Å². The molecule has 0 aliphatic heterocycles. The second-order valence-corrected chi connectivity index (χ2v) is 7.47. The Balaban J connectivity index is 1.58. The lowest BCUT2D eigenvalue weighted by Crippen LogP contribution is -2.14. The molecule has 1 aromatic heterocycles. The Morgan fingerprint density at radius 3 is 2.24 bits per heavy atom. The Bertz CT molecular complexity index is 1260. The van der Waals surface area contributed by atoms with E-state index in [4.69, 9.17) is 9.47 Å². The monoisotopic (exact) mass is 463 g/mol. The number of nitrogens with one attached hydrogen (secondary N) is 1. The van der Waals surface area contributed by atoms with Crippen molar-refractivity contribution in [3.8, 4) is 11.6 Å². The molecule has 1 heterocycles. The fourth-order valence-electron chi connectivity index (χ4n) is 3.30. The minimum absolute atomic E-state index is 0.101. The molecule has 4 rings (SSSR count). The highest BCUT2D eigenvalue weighted by Gasteiger charge is 2.20.